The highest BCUT2D eigenvalue weighted by Gasteiger charge is 2.34. The number of nitrogens with zero attached hydrogens (tertiary/aromatic N) is 2. The van der Waals surface area contributed by atoms with Crippen molar-refractivity contribution in [2.24, 2.45) is 0 Å². The van der Waals surface area contributed by atoms with Gasteiger partial charge in [0.15, 0.2) is 0 Å². The van der Waals surface area contributed by atoms with Crippen molar-refractivity contribution in [1.82, 2.24) is 0 Å². The predicted octanol–water partition coefficient (Wildman–Crippen LogP) is 4.70. The van der Waals surface area contributed by atoms with Gasteiger partial charge in [0, 0.05) is 39.6 Å². The van der Waals surface area contributed by atoms with Crippen molar-refractivity contribution in [2.75, 3.05) is 38.0 Å². The van der Waals surface area contributed by atoms with E-state index in [1.807, 2.05) is 46.4 Å². The molecule has 3 aromatic carbocycles. The molecule has 0 aliphatic rings. The third kappa shape index (κ3) is 6.70. The first-order chi connectivity index (χ1) is 14.4. The summed E-state index contributed by atoms with van der Waals surface area (Å²) in [5, 5.41) is 0. The lowest BCUT2D eigenvalue weighted by Crippen LogP contribution is -2.22. The van der Waals surface area contributed by atoms with Crippen LogP contribution in [0.5, 0.6) is 0 Å². The Morgan fingerprint density at radius 1 is 0.645 bits per heavy atom. The van der Waals surface area contributed by atoms with Gasteiger partial charge in [-0.25, -0.2) is 0 Å². The summed E-state index contributed by atoms with van der Waals surface area (Å²) in [6.07, 6.45) is 0. The van der Waals surface area contributed by atoms with E-state index < -0.39 is 15.3 Å². The van der Waals surface area contributed by atoms with Crippen LogP contribution in [0.25, 0.3) is 0 Å². The quantitative estimate of drug-likeness (QED) is 0.325. The summed E-state index contributed by atoms with van der Waals surface area (Å²) in [4.78, 5) is 3.46. The average Bonchev–Trinajstić information content (AvgIpc) is 2.72. The molecule has 0 unspecified atom stereocenters. The van der Waals surface area contributed by atoms with Crippen LogP contribution >= 0.6 is 11.6 Å². The number of hydrogen-bond acceptors (Lipinski definition) is 4. The van der Waals surface area contributed by atoms with Crippen LogP contribution in [0, 0.1) is 0 Å². The zero-order valence-electron chi connectivity index (χ0n) is 17.9. The van der Waals surface area contributed by atoms with Gasteiger partial charge >= 0.3 is 10.4 Å². The van der Waals surface area contributed by atoms with E-state index in [4.69, 9.17) is 29.1 Å². The van der Waals surface area contributed by atoms with Gasteiger partial charge in [-0.05, 0) is 41.0 Å². The maximum atomic E-state index is 8.74. The fraction of sp³-hybridized carbons (Fsp3) is 0.217. The molecule has 6 nitrogen and oxygen atoms in total. The molecule has 0 aliphatic heterocycles. The van der Waals surface area contributed by atoms with E-state index in [0.717, 1.165) is 28.1 Å². The summed E-state index contributed by atoms with van der Waals surface area (Å²) >= 11 is 7.35. The lowest BCUT2D eigenvalue weighted by Gasteiger charge is -2.30. The molecule has 0 saturated heterocycles. The third-order valence-corrected chi connectivity index (χ3v) is 5.39. The highest BCUT2D eigenvalue weighted by atomic mass is 35.5. The fourth-order valence-corrected chi connectivity index (χ4v) is 3.52. The van der Waals surface area contributed by atoms with Crippen LogP contribution in [0.4, 0.5) is 11.4 Å². The van der Waals surface area contributed by atoms with Crippen molar-refractivity contribution in [3.05, 3.63) is 95.6 Å². The van der Waals surface area contributed by atoms with Gasteiger partial charge in [0.1, 0.15) is 4.87 Å². The zero-order chi connectivity index (χ0) is 23.2. The van der Waals surface area contributed by atoms with Gasteiger partial charge < -0.3 is 9.80 Å². The lowest BCUT2D eigenvalue weighted by atomic mass is 9.84. The first-order valence-electron chi connectivity index (χ1n) is 9.43. The summed E-state index contributed by atoms with van der Waals surface area (Å²) in [6.45, 7) is 0. The summed E-state index contributed by atoms with van der Waals surface area (Å²) in [6, 6.07) is 27.2. The summed E-state index contributed by atoms with van der Waals surface area (Å²) in [5.74, 6) is 0. The van der Waals surface area contributed by atoms with Gasteiger partial charge in [0.2, 0.25) is 0 Å². The highest BCUT2D eigenvalue weighted by Crippen LogP contribution is 2.43. The molecule has 0 fully saturated rings. The Hall–Kier alpha value is -2.58. The highest BCUT2D eigenvalue weighted by molar-refractivity contribution is 7.79. The third-order valence-electron chi connectivity index (χ3n) is 4.73. The van der Waals surface area contributed by atoms with E-state index >= 15 is 0 Å². The molecule has 0 heterocycles. The number of rotatable bonds is 5. The number of benzene rings is 3. The molecule has 0 bridgehead atoms. The fourth-order valence-electron chi connectivity index (χ4n) is 3.15. The Morgan fingerprint density at radius 2 is 0.935 bits per heavy atom. The molecule has 0 amide bonds. The number of alkyl halides is 1. The van der Waals surface area contributed by atoms with Crippen molar-refractivity contribution in [3.8, 4) is 0 Å². The first-order valence-corrected chi connectivity index (χ1v) is 11.2. The van der Waals surface area contributed by atoms with Crippen LogP contribution in [0.3, 0.4) is 0 Å². The first kappa shape index (κ1) is 24.7. The molecule has 0 radical (unpaired) electrons. The molecule has 0 spiro atoms. The summed E-state index contributed by atoms with van der Waals surface area (Å²) in [7, 11) is 3.50. The summed E-state index contributed by atoms with van der Waals surface area (Å²) < 4.78 is 31.6. The molecule has 3 aromatic rings. The van der Waals surface area contributed by atoms with E-state index in [9.17, 15) is 0 Å². The second-order valence-electron chi connectivity index (χ2n) is 7.35. The van der Waals surface area contributed by atoms with Gasteiger partial charge in [-0.2, -0.15) is 8.42 Å². The largest absolute Gasteiger partial charge is 0.394 e. The molecule has 0 aliphatic carbocycles. The van der Waals surface area contributed by atoms with Gasteiger partial charge in [-0.15, -0.1) is 11.6 Å². The van der Waals surface area contributed by atoms with Crippen molar-refractivity contribution in [3.63, 3.8) is 0 Å². The lowest BCUT2D eigenvalue weighted by molar-refractivity contribution is 0.381. The molecule has 0 saturated carbocycles. The maximum Gasteiger partial charge on any atom is 0.394 e. The van der Waals surface area contributed by atoms with Crippen LogP contribution in [0.2, 0.25) is 0 Å². The number of anilines is 2. The van der Waals surface area contributed by atoms with Crippen LogP contribution in [0.15, 0.2) is 78.9 Å². The number of halogens is 1. The Balaban J connectivity index is 0.000000614. The zero-order valence-corrected chi connectivity index (χ0v) is 19.5. The van der Waals surface area contributed by atoms with Crippen molar-refractivity contribution < 1.29 is 17.5 Å². The normalized spacial score (nSPS) is 11.3. The monoisotopic (exact) mass is 462 g/mol. The Kier molecular flexibility index (Phi) is 8.08. The molecular weight excluding hydrogens is 436 g/mol. The van der Waals surface area contributed by atoms with Gasteiger partial charge in [0.05, 0.1) is 0 Å². The van der Waals surface area contributed by atoms with Gasteiger partial charge in [0.25, 0.3) is 0 Å². The standard InChI is InChI=1S/C23H25ClN2.H2O4S/c1-25(2)21-14-10-19(11-15-21)23(24,18-8-6-5-7-9-18)20-12-16-22(17-13-20)26(3)4;1-5(2,3)4/h5-17H,1-4H3;(H2,1,2,3,4). The number of hydrogen-bond donors (Lipinski definition) is 2. The second kappa shape index (κ2) is 10.2. The van der Waals surface area contributed by atoms with Crippen molar-refractivity contribution >= 4 is 33.4 Å². The van der Waals surface area contributed by atoms with Crippen LogP contribution in [-0.4, -0.2) is 45.7 Å². The van der Waals surface area contributed by atoms with Crippen LogP contribution in [0.1, 0.15) is 16.7 Å². The second-order valence-corrected chi connectivity index (χ2v) is 8.82. The SMILES string of the molecule is CN(C)c1ccc(C(Cl)(c2ccccc2)c2ccc(N(C)C)cc2)cc1.O=S(=O)(O)O. The smallest absolute Gasteiger partial charge is 0.378 e. The molecule has 3 rings (SSSR count). The molecule has 166 valence electrons. The van der Waals surface area contributed by atoms with E-state index in [-0.39, 0.29) is 0 Å². The Bertz CT molecular complexity index is 1010. The summed E-state index contributed by atoms with van der Waals surface area (Å²) in [5.41, 5.74) is 5.51. The predicted molar refractivity (Wildman–Crippen MR) is 128 cm³/mol. The maximum absolute atomic E-state index is 8.74. The van der Waals surface area contributed by atoms with E-state index in [1.165, 1.54) is 0 Å². The minimum atomic E-state index is -4.67. The molecule has 0 atom stereocenters. The van der Waals surface area contributed by atoms with Gasteiger partial charge in [-0.1, -0.05) is 54.6 Å². The van der Waals surface area contributed by atoms with Gasteiger partial charge in [-0.3, -0.25) is 9.11 Å². The van der Waals surface area contributed by atoms with Crippen LogP contribution in [-0.2, 0) is 15.3 Å². The minimum absolute atomic E-state index is 0.725. The van der Waals surface area contributed by atoms with Crippen molar-refractivity contribution in [1.29, 1.82) is 0 Å². The Morgan fingerprint density at radius 3 is 1.23 bits per heavy atom. The average molecular weight is 463 g/mol. The molecular formula is C23H27ClN2O4S. The minimum Gasteiger partial charge on any atom is -0.378 e. The molecule has 0 aromatic heterocycles. The van der Waals surface area contributed by atoms with E-state index in [2.05, 4.69) is 70.5 Å². The molecule has 31 heavy (non-hydrogen) atoms. The van der Waals surface area contributed by atoms with Crippen LogP contribution < -0.4 is 9.80 Å². The topological polar surface area (TPSA) is 81.1 Å². The van der Waals surface area contributed by atoms with E-state index in [0.29, 0.717) is 0 Å². The Labute approximate surface area is 189 Å². The van der Waals surface area contributed by atoms with E-state index in [1.54, 1.807) is 0 Å². The molecule has 2 N–H and O–H groups in total. The van der Waals surface area contributed by atoms with Crippen molar-refractivity contribution in [2.45, 2.75) is 4.87 Å². The molecule has 8 heteroatoms.